The van der Waals surface area contributed by atoms with Gasteiger partial charge in [-0.25, -0.2) is 9.78 Å². The first kappa shape index (κ1) is 16.8. The molecule has 128 valence electrons. The van der Waals surface area contributed by atoms with Crippen LogP contribution in [-0.4, -0.2) is 49.6 Å². The number of amides is 1. The van der Waals surface area contributed by atoms with E-state index in [9.17, 15) is 14.7 Å². The number of carbonyl (C=O) groups excluding carboxylic acids is 1. The van der Waals surface area contributed by atoms with Crippen LogP contribution in [-0.2, 0) is 15.3 Å². The number of likely N-dealkylation sites (tertiary alicyclic amines) is 1. The highest BCUT2D eigenvalue weighted by atomic mass is 32.2. The molecular formula is C17H21N3O3S. The van der Waals surface area contributed by atoms with Gasteiger partial charge in [-0.05, 0) is 37.8 Å². The van der Waals surface area contributed by atoms with E-state index in [1.807, 2.05) is 35.9 Å². The van der Waals surface area contributed by atoms with Crippen molar-refractivity contribution in [2.45, 2.75) is 38.0 Å². The van der Waals surface area contributed by atoms with Crippen molar-refractivity contribution in [1.29, 1.82) is 0 Å². The van der Waals surface area contributed by atoms with Gasteiger partial charge in [-0.3, -0.25) is 4.79 Å². The van der Waals surface area contributed by atoms with Crippen LogP contribution in [0.2, 0.25) is 0 Å². The monoisotopic (exact) mass is 347 g/mol. The topological polar surface area (TPSA) is 74.9 Å². The van der Waals surface area contributed by atoms with Gasteiger partial charge in [0.1, 0.15) is 11.7 Å². The van der Waals surface area contributed by atoms with Gasteiger partial charge in [0, 0.05) is 24.7 Å². The third kappa shape index (κ3) is 3.72. The van der Waals surface area contributed by atoms with Gasteiger partial charge in [-0.1, -0.05) is 6.07 Å². The molecule has 2 aromatic heterocycles. The first-order valence-corrected chi connectivity index (χ1v) is 9.24. The van der Waals surface area contributed by atoms with Gasteiger partial charge in [0.25, 0.3) is 0 Å². The average Bonchev–Trinajstić information content (AvgIpc) is 2.96. The molecule has 0 saturated carbocycles. The molecule has 3 heterocycles. The maximum Gasteiger partial charge on any atom is 0.326 e. The smallest absolute Gasteiger partial charge is 0.326 e. The lowest BCUT2D eigenvalue weighted by molar-refractivity contribution is -0.150. The zero-order valence-corrected chi connectivity index (χ0v) is 14.5. The van der Waals surface area contributed by atoms with Gasteiger partial charge in [0.15, 0.2) is 0 Å². The summed E-state index contributed by atoms with van der Waals surface area (Å²) in [5.74, 6) is -0.0650. The van der Waals surface area contributed by atoms with E-state index in [0.717, 1.165) is 24.2 Å². The number of carboxylic acids is 1. The summed E-state index contributed by atoms with van der Waals surface area (Å²) in [4.78, 5) is 29.7. The summed E-state index contributed by atoms with van der Waals surface area (Å²) in [5, 5.41) is 9.25. The number of aryl methyl sites for hydroxylation is 1. The minimum atomic E-state index is -0.899. The summed E-state index contributed by atoms with van der Waals surface area (Å²) in [6.45, 7) is 2.58. The first-order valence-electron chi connectivity index (χ1n) is 8.09. The highest BCUT2D eigenvalue weighted by Crippen LogP contribution is 2.20. The van der Waals surface area contributed by atoms with E-state index in [1.165, 1.54) is 22.2 Å². The number of carbonyl (C=O) groups is 2. The van der Waals surface area contributed by atoms with Crippen molar-refractivity contribution in [3.8, 4) is 0 Å². The van der Waals surface area contributed by atoms with Crippen LogP contribution in [0.5, 0.6) is 0 Å². The van der Waals surface area contributed by atoms with E-state index in [4.69, 9.17) is 0 Å². The molecule has 3 rings (SSSR count). The predicted octanol–water partition coefficient (Wildman–Crippen LogP) is 2.34. The van der Waals surface area contributed by atoms with E-state index in [0.29, 0.717) is 18.7 Å². The molecule has 0 aliphatic carbocycles. The number of imidazole rings is 1. The van der Waals surface area contributed by atoms with Gasteiger partial charge in [0.2, 0.25) is 5.91 Å². The lowest BCUT2D eigenvalue weighted by atomic mass is 10.0. The number of fused-ring (bicyclic) bond motifs is 1. The molecule has 1 atom stereocenters. The molecule has 6 nitrogen and oxygen atoms in total. The molecule has 1 unspecified atom stereocenters. The van der Waals surface area contributed by atoms with Crippen LogP contribution in [0.25, 0.3) is 5.65 Å². The Morgan fingerprint density at radius 1 is 1.33 bits per heavy atom. The number of aliphatic carboxylic acids is 1. The molecule has 24 heavy (non-hydrogen) atoms. The van der Waals surface area contributed by atoms with E-state index >= 15 is 0 Å². The maximum atomic E-state index is 12.3. The molecule has 0 radical (unpaired) electrons. The normalized spacial score (nSPS) is 18.0. The molecule has 1 fully saturated rings. The zero-order chi connectivity index (χ0) is 17.1. The van der Waals surface area contributed by atoms with Crippen molar-refractivity contribution < 1.29 is 14.7 Å². The third-order valence-corrected chi connectivity index (χ3v) is 5.18. The van der Waals surface area contributed by atoms with Crippen molar-refractivity contribution in [1.82, 2.24) is 14.3 Å². The van der Waals surface area contributed by atoms with Crippen molar-refractivity contribution in [3.05, 3.63) is 35.8 Å². The van der Waals surface area contributed by atoms with E-state index in [1.54, 1.807) is 0 Å². The van der Waals surface area contributed by atoms with Gasteiger partial charge in [0.05, 0.1) is 11.4 Å². The Labute approximate surface area is 144 Å². The molecule has 1 aliphatic heterocycles. The molecule has 0 bridgehead atoms. The van der Waals surface area contributed by atoms with Gasteiger partial charge in [-0.2, -0.15) is 0 Å². The molecule has 2 aromatic rings. The lowest BCUT2D eigenvalue weighted by Gasteiger charge is -2.32. The number of aromatic nitrogens is 2. The van der Waals surface area contributed by atoms with Gasteiger partial charge < -0.3 is 14.4 Å². The molecule has 0 spiro atoms. The lowest BCUT2D eigenvalue weighted by Crippen LogP contribution is -2.48. The fraction of sp³-hybridized carbons (Fsp3) is 0.471. The molecule has 1 aliphatic rings. The largest absolute Gasteiger partial charge is 0.480 e. The number of thioether (sulfide) groups is 1. The highest BCUT2D eigenvalue weighted by Gasteiger charge is 2.31. The Morgan fingerprint density at radius 2 is 2.17 bits per heavy atom. The Morgan fingerprint density at radius 3 is 2.96 bits per heavy atom. The Hall–Kier alpha value is -2.02. The fourth-order valence-corrected chi connectivity index (χ4v) is 3.83. The second kappa shape index (κ2) is 7.25. The third-order valence-electron chi connectivity index (χ3n) is 4.23. The number of nitrogens with zero attached hydrogens (tertiary/aromatic N) is 3. The number of rotatable bonds is 5. The minimum absolute atomic E-state index is 0.0910. The number of hydrogen-bond donors (Lipinski definition) is 1. The van der Waals surface area contributed by atoms with E-state index in [2.05, 4.69) is 4.98 Å². The molecular weight excluding hydrogens is 326 g/mol. The van der Waals surface area contributed by atoms with Crippen molar-refractivity contribution >= 4 is 29.3 Å². The summed E-state index contributed by atoms with van der Waals surface area (Å²) in [7, 11) is 0. The maximum absolute atomic E-state index is 12.3. The summed E-state index contributed by atoms with van der Waals surface area (Å²) in [6, 6.07) is 3.33. The first-order chi connectivity index (χ1) is 11.5. The van der Waals surface area contributed by atoms with Crippen molar-refractivity contribution in [2.24, 2.45) is 0 Å². The molecule has 0 aromatic carbocycles. The highest BCUT2D eigenvalue weighted by molar-refractivity contribution is 7.99. The number of piperidine rings is 1. The van der Waals surface area contributed by atoms with Gasteiger partial charge >= 0.3 is 5.97 Å². The summed E-state index contributed by atoms with van der Waals surface area (Å²) < 4.78 is 1.98. The van der Waals surface area contributed by atoms with Crippen LogP contribution in [0.15, 0.2) is 24.5 Å². The Bertz CT molecular complexity index is 759. The molecule has 1 N–H and O–H groups in total. The van der Waals surface area contributed by atoms with Crippen molar-refractivity contribution in [3.63, 3.8) is 0 Å². The van der Waals surface area contributed by atoms with E-state index < -0.39 is 12.0 Å². The van der Waals surface area contributed by atoms with Gasteiger partial charge in [-0.15, -0.1) is 11.8 Å². The van der Waals surface area contributed by atoms with Crippen LogP contribution < -0.4 is 0 Å². The summed E-state index contributed by atoms with van der Waals surface area (Å²) >= 11 is 1.48. The molecule has 7 heteroatoms. The summed E-state index contributed by atoms with van der Waals surface area (Å²) in [5.41, 5.74) is 2.98. The van der Waals surface area contributed by atoms with Crippen LogP contribution in [0.1, 0.15) is 30.5 Å². The van der Waals surface area contributed by atoms with Crippen molar-refractivity contribution in [2.75, 3.05) is 12.3 Å². The Kier molecular flexibility index (Phi) is 5.08. The standard InChI is InChI=1S/C17H21N3O3S/c1-12-5-6-15-18-13(9-19(15)8-12)10-24-11-16(21)20-7-3-2-4-14(20)17(22)23/h5-6,8-9,14H,2-4,7,10-11H2,1H3,(H,22,23). The quantitative estimate of drug-likeness (QED) is 0.898. The van der Waals surface area contributed by atoms with Crippen LogP contribution >= 0.6 is 11.8 Å². The van der Waals surface area contributed by atoms with Crippen LogP contribution in [0.4, 0.5) is 0 Å². The number of pyridine rings is 1. The zero-order valence-electron chi connectivity index (χ0n) is 13.6. The second-order valence-corrected chi connectivity index (χ2v) is 7.12. The average molecular weight is 347 g/mol. The van der Waals surface area contributed by atoms with Crippen LogP contribution in [0.3, 0.4) is 0 Å². The fourth-order valence-electron chi connectivity index (χ4n) is 3.04. The second-order valence-electron chi connectivity index (χ2n) is 6.13. The minimum Gasteiger partial charge on any atom is -0.480 e. The van der Waals surface area contributed by atoms with E-state index in [-0.39, 0.29) is 11.7 Å². The predicted molar refractivity (Wildman–Crippen MR) is 93.1 cm³/mol. The number of hydrogen-bond acceptors (Lipinski definition) is 4. The summed E-state index contributed by atoms with van der Waals surface area (Å²) in [6.07, 6.45) is 6.30. The number of carboxylic acid groups (broad SMARTS) is 1. The van der Waals surface area contributed by atoms with Crippen LogP contribution in [0, 0.1) is 6.92 Å². The molecule has 1 saturated heterocycles. The molecule has 1 amide bonds. The Balaban J connectivity index is 1.56. The SMILES string of the molecule is Cc1ccc2nc(CSCC(=O)N3CCCCC3C(=O)O)cn2c1.